The lowest BCUT2D eigenvalue weighted by Crippen LogP contribution is -2.19. The molecule has 82 valence electrons. The van der Waals surface area contributed by atoms with Gasteiger partial charge in [0.05, 0.1) is 6.04 Å². The van der Waals surface area contributed by atoms with Crippen molar-refractivity contribution in [1.82, 2.24) is 0 Å². The van der Waals surface area contributed by atoms with Gasteiger partial charge in [0.25, 0.3) is 6.43 Å². The molecule has 1 aliphatic rings. The van der Waals surface area contributed by atoms with E-state index in [-0.39, 0.29) is 6.79 Å². The summed E-state index contributed by atoms with van der Waals surface area (Å²) in [4.78, 5) is 0. The number of alkyl halides is 2. The second-order valence-electron chi connectivity index (χ2n) is 3.09. The van der Waals surface area contributed by atoms with Gasteiger partial charge >= 0.3 is 0 Å². The van der Waals surface area contributed by atoms with Gasteiger partial charge in [0, 0.05) is 4.47 Å². The normalized spacial score (nSPS) is 15.8. The highest BCUT2D eigenvalue weighted by Gasteiger charge is 2.24. The Hall–Kier alpha value is -0.880. The van der Waals surface area contributed by atoms with Gasteiger partial charge in [-0.15, -0.1) is 0 Å². The van der Waals surface area contributed by atoms with Crippen LogP contribution in [0.2, 0.25) is 0 Å². The number of hydrogen-bond acceptors (Lipinski definition) is 3. The highest BCUT2D eigenvalue weighted by atomic mass is 79.9. The molecule has 1 aromatic carbocycles. The molecule has 0 bridgehead atoms. The first kappa shape index (κ1) is 10.6. The fourth-order valence-electron chi connectivity index (χ4n) is 1.32. The molecule has 0 radical (unpaired) electrons. The van der Waals surface area contributed by atoms with Crippen LogP contribution in [0.4, 0.5) is 8.78 Å². The first-order chi connectivity index (χ1) is 7.09. The van der Waals surface area contributed by atoms with E-state index >= 15 is 0 Å². The van der Waals surface area contributed by atoms with Gasteiger partial charge < -0.3 is 15.2 Å². The molecule has 1 aromatic rings. The van der Waals surface area contributed by atoms with E-state index in [1.807, 2.05) is 0 Å². The summed E-state index contributed by atoms with van der Waals surface area (Å²) >= 11 is 3.17. The van der Waals surface area contributed by atoms with Crippen LogP contribution in [0, 0.1) is 0 Å². The number of benzene rings is 1. The summed E-state index contributed by atoms with van der Waals surface area (Å²) in [5.41, 5.74) is 5.67. The van der Waals surface area contributed by atoms with Crippen molar-refractivity contribution in [2.24, 2.45) is 5.73 Å². The Kier molecular flexibility index (Phi) is 2.79. The molecule has 1 aliphatic heterocycles. The third-order valence-corrected chi connectivity index (χ3v) is 2.81. The first-order valence-corrected chi connectivity index (χ1v) is 5.01. The number of nitrogens with two attached hydrogens (primary N) is 1. The van der Waals surface area contributed by atoms with Crippen LogP contribution in [-0.4, -0.2) is 13.2 Å². The molecular formula is C9H8BrF2NO2. The topological polar surface area (TPSA) is 44.5 Å². The van der Waals surface area contributed by atoms with Crippen LogP contribution in [0.1, 0.15) is 11.6 Å². The molecule has 1 atom stereocenters. The lowest BCUT2D eigenvalue weighted by molar-refractivity contribution is 0.116. The van der Waals surface area contributed by atoms with E-state index in [1.165, 1.54) is 6.07 Å². The third-order valence-electron chi connectivity index (χ3n) is 2.12. The van der Waals surface area contributed by atoms with Crippen molar-refractivity contribution in [1.29, 1.82) is 0 Å². The van der Waals surface area contributed by atoms with Crippen molar-refractivity contribution in [3.8, 4) is 11.5 Å². The van der Waals surface area contributed by atoms with E-state index in [4.69, 9.17) is 15.2 Å². The van der Waals surface area contributed by atoms with Crippen molar-refractivity contribution in [3.05, 3.63) is 22.2 Å². The minimum absolute atomic E-state index is 0.106. The molecule has 0 amide bonds. The lowest BCUT2D eigenvalue weighted by Gasteiger charge is -2.13. The zero-order chi connectivity index (χ0) is 11.0. The highest BCUT2D eigenvalue weighted by molar-refractivity contribution is 9.10. The second-order valence-corrected chi connectivity index (χ2v) is 3.94. The molecule has 2 N–H and O–H groups in total. The molecule has 3 nitrogen and oxygen atoms in total. The number of hydrogen-bond donors (Lipinski definition) is 1. The van der Waals surface area contributed by atoms with E-state index in [2.05, 4.69) is 15.9 Å². The van der Waals surface area contributed by atoms with Crippen molar-refractivity contribution in [2.75, 3.05) is 6.79 Å². The maximum Gasteiger partial charge on any atom is 0.257 e. The molecular weight excluding hydrogens is 272 g/mol. The molecule has 1 heterocycles. The predicted octanol–water partition coefficient (Wildman–Crippen LogP) is 2.44. The van der Waals surface area contributed by atoms with E-state index < -0.39 is 12.5 Å². The van der Waals surface area contributed by atoms with Crippen LogP contribution >= 0.6 is 15.9 Å². The van der Waals surface area contributed by atoms with E-state index in [0.717, 1.165) is 0 Å². The Bertz CT molecular complexity index is 387. The SMILES string of the molecule is N[C@@H](c1cc2c(cc1Br)OCO2)C(F)F. The predicted molar refractivity (Wildman–Crippen MR) is 53.2 cm³/mol. The quantitative estimate of drug-likeness (QED) is 0.905. The molecule has 0 spiro atoms. The van der Waals surface area contributed by atoms with E-state index in [0.29, 0.717) is 21.5 Å². The molecule has 0 saturated carbocycles. The summed E-state index contributed by atoms with van der Waals surface area (Å²) in [7, 11) is 0. The average Bonchev–Trinajstić information content (AvgIpc) is 2.62. The van der Waals surface area contributed by atoms with Gasteiger partial charge in [0.2, 0.25) is 6.79 Å². The van der Waals surface area contributed by atoms with Crippen molar-refractivity contribution in [2.45, 2.75) is 12.5 Å². The third kappa shape index (κ3) is 1.91. The fourth-order valence-corrected chi connectivity index (χ4v) is 1.91. The molecule has 15 heavy (non-hydrogen) atoms. The molecule has 6 heteroatoms. The minimum Gasteiger partial charge on any atom is -0.454 e. The second kappa shape index (κ2) is 3.94. The van der Waals surface area contributed by atoms with Crippen LogP contribution < -0.4 is 15.2 Å². The summed E-state index contributed by atoms with van der Waals surface area (Å²) in [5, 5.41) is 0. The molecule has 0 aromatic heterocycles. The van der Waals surface area contributed by atoms with Crippen molar-refractivity contribution >= 4 is 15.9 Å². The van der Waals surface area contributed by atoms with Crippen LogP contribution in [0.15, 0.2) is 16.6 Å². The zero-order valence-electron chi connectivity index (χ0n) is 7.54. The number of rotatable bonds is 2. The van der Waals surface area contributed by atoms with Crippen molar-refractivity contribution < 1.29 is 18.3 Å². The van der Waals surface area contributed by atoms with Crippen LogP contribution in [0.5, 0.6) is 11.5 Å². The number of fused-ring (bicyclic) bond motifs is 1. The van der Waals surface area contributed by atoms with Gasteiger partial charge in [-0.1, -0.05) is 15.9 Å². The van der Waals surface area contributed by atoms with Gasteiger partial charge in [-0.05, 0) is 17.7 Å². The molecule has 2 rings (SSSR count). The largest absolute Gasteiger partial charge is 0.454 e. The van der Waals surface area contributed by atoms with Crippen LogP contribution in [0.25, 0.3) is 0 Å². The summed E-state index contributed by atoms with van der Waals surface area (Å²) in [5.74, 6) is 0.983. The Morgan fingerprint density at radius 3 is 2.47 bits per heavy atom. The van der Waals surface area contributed by atoms with Crippen LogP contribution in [-0.2, 0) is 0 Å². The maximum absolute atomic E-state index is 12.4. The average molecular weight is 280 g/mol. The Balaban J connectivity index is 2.40. The summed E-state index contributed by atoms with van der Waals surface area (Å²) in [6.45, 7) is 0.106. The van der Waals surface area contributed by atoms with Gasteiger partial charge in [0.15, 0.2) is 11.5 Å². The highest BCUT2D eigenvalue weighted by Crippen LogP contribution is 2.39. The van der Waals surface area contributed by atoms with Gasteiger partial charge in [-0.3, -0.25) is 0 Å². The molecule has 0 fully saturated rings. The smallest absolute Gasteiger partial charge is 0.257 e. The molecule has 0 unspecified atom stereocenters. The number of halogens is 3. The van der Waals surface area contributed by atoms with E-state index in [1.54, 1.807) is 6.07 Å². The molecule has 0 saturated heterocycles. The Morgan fingerprint density at radius 2 is 1.87 bits per heavy atom. The minimum atomic E-state index is -2.61. The fraction of sp³-hybridized carbons (Fsp3) is 0.333. The van der Waals surface area contributed by atoms with Gasteiger partial charge in [-0.2, -0.15) is 0 Å². The summed E-state index contributed by atoms with van der Waals surface area (Å²) < 4.78 is 35.5. The maximum atomic E-state index is 12.4. The first-order valence-electron chi connectivity index (χ1n) is 4.22. The Morgan fingerprint density at radius 1 is 1.27 bits per heavy atom. The summed E-state index contributed by atoms with van der Waals surface area (Å²) in [6.07, 6.45) is -2.61. The van der Waals surface area contributed by atoms with Crippen LogP contribution in [0.3, 0.4) is 0 Å². The zero-order valence-corrected chi connectivity index (χ0v) is 9.13. The van der Waals surface area contributed by atoms with Gasteiger partial charge in [-0.25, -0.2) is 8.78 Å². The number of ether oxygens (including phenoxy) is 2. The lowest BCUT2D eigenvalue weighted by atomic mass is 10.1. The molecule has 0 aliphatic carbocycles. The van der Waals surface area contributed by atoms with Gasteiger partial charge in [0.1, 0.15) is 0 Å². The standard InChI is InChI=1S/C9H8BrF2NO2/c10-5-2-7-6(14-3-15-7)1-4(5)8(13)9(11)12/h1-2,8-9H,3,13H2/t8-/m0/s1. The summed E-state index contributed by atoms with van der Waals surface area (Å²) in [6, 6.07) is 1.73. The monoisotopic (exact) mass is 279 g/mol. The van der Waals surface area contributed by atoms with Crippen molar-refractivity contribution in [3.63, 3.8) is 0 Å². The van der Waals surface area contributed by atoms with E-state index in [9.17, 15) is 8.78 Å². The Labute approximate surface area is 93.3 Å².